The van der Waals surface area contributed by atoms with Crippen LogP contribution in [0.15, 0.2) is 48.5 Å². The van der Waals surface area contributed by atoms with Crippen LogP contribution in [-0.2, 0) is 4.79 Å². The summed E-state index contributed by atoms with van der Waals surface area (Å²) in [6.45, 7) is 8.22. The van der Waals surface area contributed by atoms with Gasteiger partial charge in [-0.15, -0.1) is 0 Å². The van der Waals surface area contributed by atoms with Crippen LogP contribution in [0.4, 0.5) is 5.69 Å². The molecule has 4 rings (SSSR count). The topological polar surface area (TPSA) is 58.6 Å². The van der Waals surface area contributed by atoms with Crippen molar-refractivity contribution in [3.05, 3.63) is 70.8 Å². The molecule has 0 unspecified atom stereocenters. The molecule has 1 heterocycles. The Bertz CT molecular complexity index is 1180. The zero-order valence-corrected chi connectivity index (χ0v) is 18.7. The fourth-order valence-corrected chi connectivity index (χ4v) is 4.45. The highest BCUT2D eigenvalue weighted by Gasteiger charge is 2.31. The van der Waals surface area contributed by atoms with Gasteiger partial charge < -0.3 is 10.1 Å². The predicted molar refractivity (Wildman–Crippen MR) is 124 cm³/mol. The molecule has 1 aliphatic rings. The Morgan fingerprint density at radius 1 is 1.06 bits per heavy atom. The molecule has 2 amide bonds. The maximum Gasteiger partial charge on any atom is 0.259 e. The summed E-state index contributed by atoms with van der Waals surface area (Å²) in [6.07, 6.45) is 0. The Labute approximate surface area is 183 Å². The van der Waals surface area contributed by atoms with E-state index in [2.05, 4.69) is 25.2 Å². The van der Waals surface area contributed by atoms with Gasteiger partial charge >= 0.3 is 0 Å². The Hall–Kier alpha value is -3.34. The summed E-state index contributed by atoms with van der Waals surface area (Å²) >= 11 is 0. The lowest BCUT2D eigenvalue weighted by molar-refractivity contribution is -0.120. The highest BCUT2D eigenvalue weighted by molar-refractivity contribution is 6.26. The van der Waals surface area contributed by atoms with Crippen LogP contribution in [-0.4, -0.2) is 25.5 Å². The summed E-state index contributed by atoms with van der Waals surface area (Å²) < 4.78 is 5.53. The van der Waals surface area contributed by atoms with Gasteiger partial charge in [0.15, 0.2) is 0 Å². The van der Waals surface area contributed by atoms with E-state index in [4.69, 9.17) is 4.74 Å². The minimum absolute atomic E-state index is 0.0107. The molecule has 5 heteroatoms. The van der Waals surface area contributed by atoms with Gasteiger partial charge in [0.1, 0.15) is 12.3 Å². The second kappa shape index (κ2) is 8.06. The number of nitrogens with one attached hydrogen (secondary N) is 1. The van der Waals surface area contributed by atoms with Crippen molar-refractivity contribution in [2.45, 2.75) is 39.7 Å². The van der Waals surface area contributed by atoms with E-state index in [-0.39, 0.29) is 24.4 Å². The Morgan fingerprint density at radius 2 is 1.77 bits per heavy atom. The normalized spacial score (nSPS) is 13.7. The summed E-state index contributed by atoms with van der Waals surface area (Å²) in [5, 5.41) is 5.00. The number of aryl methyl sites for hydroxylation is 1. The number of hydrogen-bond donors (Lipinski definition) is 1. The fraction of sp³-hybridized carbons (Fsp3) is 0.308. The van der Waals surface area contributed by atoms with Gasteiger partial charge in [0.25, 0.3) is 5.91 Å². The van der Waals surface area contributed by atoms with Crippen molar-refractivity contribution in [3.8, 4) is 5.75 Å². The third-order valence-electron chi connectivity index (χ3n) is 6.04. The summed E-state index contributed by atoms with van der Waals surface area (Å²) in [6, 6.07) is 15.4. The average Bonchev–Trinajstić information content (AvgIpc) is 3.01. The molecule has 0 aliphatic carbocycles. The maximum absolute atomic E-state index is 12.9. The van der Waals surface area contributed by atoms with Crippen molar-refractivity contribution >= 4 is 28.3 Å². The Balaban J connectivity index is 1.55. The molecule has 5 nitrogen and oxygen atoms in total. The monoisotopic (exact) mass is 416 g/mol. The molecule has 0 bridgehead atoms. The van der Waals surface area contributed by atoms with Crippen molar-refractivity contribution in [2.24, 2.45) is 0 Å². The van der Waals surface area contributed by atoms with Gasteiger partial charge in [-0.3, -0.25) is 14.5 Å². The minimum atomic E-state index is -0.188. The number of amides is 2. The molecule has 1 atom stereocenters. The molecule has 0 spiro atoms. The molecule has 0 saturated heterocycles. The maximum atomic E-state index is 12.9. The van der Waals surface area contributed by atoms with Crippen molar-refractivity contribution < 1.29 is 14.3 Å². The number of carbonyl (C=O) groups excluding carboxylic acids is 2. The van der Waals surface area contributed by atoms with E-state index < -0.39 is 0 Å². The smallest absolute Gasteiger partial charge is 0.259 e. The summed E-state index contributed by atoms with van der Waals surface area (Å²) in [5.74, 6) is 0.853. The van der Waals surface area contributed by atoms with Crippen LogP contribution in [0.25, 0.3) is 10.8 Å². The van der Waals surface area contributed by atoms with Crippen molar-refractivity contribution in [1.29, 1.82) is 0 Å². The second-order valence-electron chi connectivity index (χ2n) is 8.47. The highest BCUT2D eigenvalue weighted by Crippen LogP contribution is 2.37. The number of carbonyl (C=O) groups is 2. The fourth-order valence-electron chi connectivity index (χ4n) is 4.45. The first-order valence-electron chi connectivity index (χ1n) is 10.6. The van der Waals surface area contributed by atoms with Gasteiger partial charge in [-0.25, -0.2) is 0 Å². The van der Waals surface area contributed by atoms with E-state index in [1.165, 1.54) is 0 Å². The first kappa shape index (κ1) is 20.9. The van der Waals surface area contributed by atoms with E-state index in [9.17, 15) is 9.59 Å². The van der Waals surface area contributed by atoms with E-state index in [1.807, 2.05) is 56.3 Å². The van der Waals surface area contributed by atoms with E-state index in [0.717, 1.165) is 38.9 Å². The van der Waals surface area contributed by atoms with Crippen molar-refractivity contribution in [2.75, 3.05) is 18.6 Å². The second-order valence-corrected chi connectivity index (χ2v) is 8.47. The third kappa shape index (κ3) is 3.65. The van der Waals surface area contributed by atoms with Gasteiger partial charge in [0.05, 0.1) is 18.8 Å². The first-order valence-corrected chi connectivity index (χ1v) is 10.6. The molecule has 1 N–H and O–H groups in total. The largest absolute Gasteiger partial charge is 0.496 e. The van der Waals surface area contributed by atoms with Crippen LogP contribution in [0.3, 0.4) is 0 Å². The lowest BCUT2D eigenvalue weighted by Gasteiger charge is -2.23. The average molecular weight is 417 g/mol. The van der Waals surface area contributed by atoms with Crippen LogP contribution in [0.2, 0.25) is 0 Å². The summed E-state index contributed by atoms with van der Waals surface area (Å²) in [7, 11) is 1.68. The number of nitrogens with zero attached hydrogens (tertiary/aromatic N) is 1. The van der Waals surface area contributed by atoms with E-state index in [0.29, 0.717) is 11.5 Å². The zero-order chi connectivity index (χ0) is 22.3. The molecular weight excluding hydrogens is 388 g/mol. The molecule has 3 aromatic carbocycles. The Kier molecular flexibility index (Phi) is 5.44. The molecule has 0 saturated carbocycles. The van der Waals surface area contributed by atoms with Crippen LogP contribution in [0.1, 0.15) is 59.8 Å². The third-order valence-corrected chi connectivity index (χ3v) is 6.04. The van der Waals surface area contributed by atoms with Gasteiger partial charge in [0.2, 0.25) is 5.91 Å². The number of hydrogen-bond acceptors (Lipinski definition) is 3. The number of ether oxygens (including phenoxy) is 1. The minimum Gasteiger partial charge on any atom is -0.496 e. The van der Waals surface area contributed by atoms with Gasteiger partial charge in [-0.2, -0.15) is 0 Å². The van der Waals surface area contributed by atoms with Crippen molar-refractivity contribution in [3.63, 3.8) is 0 Å². The summed E-state index contributed by atoms with van der Waals surface area (Å²) in [4.78, 5) is 27.4. The number of benzene rings is 3. The highest BCUT2D eigenvalue weighted by atomic mass is 16.5. The standard InChI is InChI=1S/C26H28N2O3/c1-15(2)20-13-21(16(3)12-23(20)31-5)17(4)27-24(29)14-28-22-11-7-9-18-8-6-10-19(25(18)22)26(28)30/h6-13,15,17H,14H2,1-5H3,(H,27,29)/t17-/m0/s1. The lowest BCUT2D eigenvalue weighted by atomic mass is 9.93. The SMILES string of the molecule is COc1cc(C)c([C@H](C)NC(=O)CN2C(=O)c3cccc4cccc2c34)cc1C(C)C. The zero-order valence-electron chi connectivity index (χ0n) is 18.7. The van der Waals surface area contributed by atoms with Crippen LogP contribution in [0, 0.1) is 6.92 Å². The predicted octanol–water partition coefficient (Wildman–Crippen LogP) is 5.12. The van der Waals surface area contributed by atoms with Crippen LogP contribution in [0.5, 0.6) is 5.75 Å². The van der Waals surface area contributed by atoms with Gasteiger partial charge in [-0.1, -0.05) is 38.1 Å². The van der Waals surface area contributed by atoms with E-state index >= 15 is 0 Å². The molecule has 31 heavy (non-hydrogen) atoms. The Morgan fingerprint density at radius 3 is 2.45 bits per heavy atom. The van der Waals surface area contributed by atoms with Crippen LogP contribution >= 0.6 is 0 Å². The first-order chi connectivity index (χ1) is 14.8. The van der Waals surface area contributed by atoms with Crippen LogP contribution < -0.4 is 15.0 Å². The van der Waals surface area contributed by atoms with Gasteiger partial charge in [-0.05, 0) is 66.1 Å². The van der Waals surface area contributed by atoms with Gasteiger partial charge in [0, 0.05) is 10.9 Å². The summed E-state index contributed by atoms with van der Waals surface area (Å²) in [5.41, 5.74) is 4.67. The molecule has 3 aromatic rings. The molecule has 0 aromatic heterocycles. The number of rotatable bonds is 6. The molecule has 1 aliphatic heterocycles. The number of anilines is 1. The van der Waals surface area contributed by atoms with Crippen molar-refractivity contribution in [1.82, 2.24) is 5.32 Å². The number of methoxy groups -OCH3 is 1. The van der Waals surface area contributed by atoms with E-state index in [1.54, 1.807) is 12.0 Å². The molecular formula is C26H28N2O3. The molecule has 0 fully saturated rings. The molecule has 0 radical (unpaired) electrons. The quantitative estimate of drug-likeness (QED) is 0.607. The molecule has 160 valence electrons. The lowest BCUT2D eigenvalue weighted by Crippen LogP contribution is -2.40.